The van der Waals surface area contributed by atoms with Gasteiger partial charge in [-0.1, -0.05) is 23.2 Å². The highest BCUT2D eigenvalue weighted by atomic mass is 35.5. The Balaban J connectivity index is 1.81. The van der Waals surface area contributed by atoms with Crippen molar-refractivity contribution < 1.29 is 35.1 Å². The fraction of sp³-hybridized carbons (Fsp3) is 0.143. The lowest BCUT2D eigenvalue weighted by Gasteiger charge is -2.26. The lowest BCUT2D eigenvalue weighted by molar-refractivity contribution is 0.449. The van der Waals surface area contributed by atoms with E-state index in [1.54, 1.807) is 0 Å². The van der Waals surface area contributed by atoms with E-state index in [9.17, 15) is 25.9 Å². The van der Waals surface area contributed by atoms with Crippen LogP contribution in [0.5, 0.6) is 11.5 Å². The first-order chi connectivity index (χ1) is 18.4. The number of rotatable bonds is 6. The van der Waals surface area contributed by atoms with Crippen molar-refractivity contribution in [3.05, 3.63) is 39.7 Å². The van der Waals surface area contributed by atoms with Crippen molar-refractivity contribution in [3.63, 3.8) is 0 Å². The summed E-state index contributed by atoms with van der Waals surface area (Å²) in [6, 6.07) is 5.48. The predicted octanol–water partition coefficient (Wildman–Crippen LogP) is 2.77. The summed E-state index contributed by atoms with van der Waals surface area (Å²) in [5, 5.41) is 5.08. The zero-order valence-corrected chi connectivity index (χ0v) is 22.5. The van der Waals surface area contributed by atoms with Gasteiger partial charge in [0.05, 0.1) is 29.9 Å². The molecule has 2 heterocycles. The van der Waals surface area contributed by atoms with Crippen LogP contribution < -0.4 is 32.2 Å². The molecule has 0 bridgehead atoms. The van der Waals surface area contributed by atoms with E-state index in [0.29, 0.717) is 0 Å². The fourth-order valence-corrected chi connectivity index (χ4v) is 6.15. The summed E-state index contributed by atoms with van der Waals surface area (Å²) in [5.74, 6) is -0.786. The molecular formula is C21H18Cl2N6O8S2. The number of aromatic nitrogens is 1. The molecule has 0 aromatic heterocycles. The second kappa shape index (κ2) is 9.76. The number of benzene rings is 3. The van der Waals surface area contributed by atoms with Crippen LogP contribution in [0.15, 0.2) is 43.5 Å². The Hall–Kier alpha value is -3.22. The van der Waals surface area contributed by atoms with E-state index in [0.717, 1.165) is 0 Å². The minimum absolute atomic E-state index is 0.0280. The predicted molar refractivity (Wildman–Crippen MR) is 142 cm³/mol. The Morgan fingerprint density at radius 3 is 2.36 bits per heavy atom. The number of ether oxygens (including phenoxy) is 1. The summed E-state index contributed by atoms with van der Waals surface area (Å²) in [5.41, 5.74) is 10.8. The summed E-state index contributed by atoms with van der Waals surface area (Å²) < 4.78 is 80.5. The van der Waals surface area contributed by atoms with Crippen LogP contribution in [-0.2, 0) is 20.2 Å². The second-order valence-corrected chi connectivity index (χ2v) is 11.5. The molecule has 5 rings (SSSR count). The molecule has 0 saturated heterocycles. The summed E-state index contributed by atoms with van der Waals surface area (Å²) in [7, 11) is -9.66. The number of anilines is 3. The number of hydrogen-bond donors (Lipinski definition) is 6. The maximum atomic E-state index is 12.3. The molecule has 8 N–H and O–H groups in total. The summed E-state index contributed by atoms with van der Waals surface area (Å²) in [4.78, 5) is 7.20. The first kappa shape index (κ1) is 27.4. The van der Waals surface area contributed by atoms with E-state index >= 15 is 0 Å². The number of nitrogens with zero attached hydrogens (tertiary/aromatic N) is 2. The summed E-state index contributed by atoms with van der Waals surface area (Å²) >= 11 is 13.2. The van der Waals surface area contributed by atoms with Crippen LogP contribution in [0.25, 0.3) is 22.6 Å². The monoisotopic (exact) mass is 616 g/mol. The van der Waals surface area contributed by atoms with Crippen LogP contribution in [0, 0.1) is 0 Å². The van der Waals surface area contributed by atoms with Crippen LogP contribution in [0.1, 0.15) is 0 Å². The Morgan fingerprint density at radius 2 is 1.72 bits per heavy atom. The minimum Gasteiger partial charge on any atom is -0.450 e. The molecule has 0 saturated carbocycles. The maximum Gasteiger partial charge on any atom is 0.300 e. The second-order valence-electron chi connectivity index (χ2n) is 8.03. The van der Waals surface area contributed by atoms with Crippen molar-refractivity contribution in [3.8, 4) is 23.0 Å². The number of fused-ring (bicyclic) bond motifs is 4. The van der Waals surface area contributed by atoms with Gasteiger partial charge in [0.25, 0.3) is 10.1 Å². The topological polar surface area (TPSA) is 232 Å². The Labute approximate surface area is 230 Å². The van der Waals surface area contributed by atoms with Crippen molar-refractivity contribution >= 4 is 71.6 Å². The van der Waals surface area contributed by atoms with E-state index in [4.69, 9.17) is 43.8 Å². The third kappa shape index (κ3) is 4.64. The zero-order valence-electron chi connectivity index (χ0n) is 19.4. The number of halogens is 2. The molecule has 2 aromatic rings. The van der Waals surface area contributed by atoms with Gasteiger partial charge < -0.3 is 31.3 Å². The van der Waals surface area contributed by atoms with Gasteiger partial charge in [-0.15, -0.1) is 0 Å². The van der Waals surface area contributed by atoms with Gasteiger partial charge in [-0.3, -0.25) is 14.1 Å². The van der Waals surface area contributed by atoms with Gasteiger partial charge in [-0.05, 0) is 24.3 Å². The highest BCUT2D eigenvalue weighted by molar-refractivity contribution is 7.86. The summed E-state index contributed by atoms with van der Waals surface area (Å²) in [6.45, 7) is 0.0531. The average molecular weight is 617 g/mol. The SMILES string of the molecule is NCCN=c1ccc2nc3c(Cl)c4c(c(Cl)c3oc-2c1S(=O)(=O)O)Nc1ccc(NCN)c(S(=O)(=O)O)c1O4. The van der Waals surface area contributed by atoms with Crippen molar-refractivity contribution in [1.82, 2.24) is 4.98 Å². The first-order valence-corrected chi connectivity index (χ1v) is 14.5. The van der Waals surface area contributed by atoms with E-state index in [1.807, 2.05) is 0 Å². The van der Waals surface area contributed by atoms with Crippen LogP contribution >= 0.6 is 23.2 Å². The Bertz CT molecular complexity index is 1930. The molecule has 0 amide bonds. The van der Waals surface area contributed by atoms with Crippen molar-refractivity contribution in [2.24, 2.45) is 16.5 Å². The Kier molecular flexibility index (Phi) is 6.84. The average Bonchev–Trinajstić information content (AvgIpc) is 2.87. The lowest BCUT2D eigenvalue weighted by atomic mass is 10.1. The maximum absolute atomic E-state index is 12.3. The molecule has 1 aliphatic carbocycles. The van der Waals surface area contributed by atoms with Crippen molar-refractivity contribution in [2.75, 3.05) is 30.4 Å². The lowest BCUT2D eigenvalue weighted by Crippen LogP contribution is -2.19. The smallest absolute Gasteiger partial charge is 0.300 e. The number of nitrogens with two attached hydrogens (primary N) is 2. The number of hydrogen-bond acceptors (Lipinski definition) is 12. The molecule has 3 aliphatic rings. The minimum atomic E-state index is -4.85. The van der Waals surface area contributed by atoms with Crippen LogP contribution in [-0.4, -0.2) is 50.7 Å². The van der Waals surface area contributed by atoms with Gasteiger partial charge in [0.2, 0.25) is 0 Å². The molecule has 0 fully saturated rings. The molecule has 0 atom stereocenters. The molecular weight excluding hydrogens is 599 g/mol. The molecule has 0 unspecified atom stereocenters. The normalized spacial score (nSPS) is 13.6. The molecule has 14 nitrogen and oxygen atoms in total. The largest absolute Gasteiger partial charge is 0.450 e. The van der Waals surface area contributed by atoms with Crippen LogP contribution in [0.4, 0.5) is 17.1 Å². The molecule has 0 spiro atoms. The van der Waals surface area contributed by atoms with Gasteiger partial charge in [0.1, 0.15) is 26.9 Å². The standard InChI is InChI=1S/C21H18Cl2N6O8S2/c22-12-15-19(37-17-9(29-15)2-4-11(27-7-25)21(17)39(33,34)35)13(23)14-18(12)36-16-8(28-14)1-3-10(26-6-5-24)20(16)38(30,31)32/h1-4,27,29H,5-7,24-25H2,(H,30,31,32)(H,33,34,35). The first-order valence-electron chi connectivity index (χ1n) is 10.9. The van der Waals surface area contributed by atoms with Crippen LogP contribution in [0.2, 0.25) is 10.0 Å². The van der Waals surface area contributed by atoms with Gasteiger partial charge in [-0.25, -0.2) is 4.98 Å². The Morgan fingerprint density at radius 1 is 1.00 bits per heavy atom. The van der Waals surface area contributed by atoms with Gasteiger partial charge in [0.15, 0.2) is 32.6 Å². The van der Waals surface area contributed by atoms with Gasteiger partial charge in [-0.2, -0.15) is 16.8 Å². The molecule has 2 aromatic carbocycles. The fourth-order valence-electron chi connectivity index (χ4n) is 4.05. The highest BCUT2D eigenvalue weighted by Crippen LogP contribution is 2.55. The van der Waals surface area contributed by atoms with E-state index in [2.05, 4.69) is 20.6 Å². The van der Waals surface area contributed by atoms with Crippen molar-refractivity contribution in [1.29, 1.82) is 0 Å². The highest BCUT2D eigenvalue weighted by Gasteiger charge is 2.34. The molecule has 18 heteroatoms. The van der Waals surface area contributed by atoms with E-state index in [1.165, 1.54) is 24.3 Å². The number of nitrogens with one attached hydrogen (secondary N) is 2. The third-order valence-electron chi connectivity index (χ3n) is 5.57. The van der Waals surface area contributed by atoms with Crippen molar-refractivity contribution in [2.45, 2.75) is 9.79 Å². The van der Waals surface area contributed by atoms with E-state index in [-0.39, 0.29) is 86.3 Å². The molecule has 39 heavy (non-hydrogen) atoms. The third-order valence-corrected chi connectivity index (χ3v) is 8.11. The van der Waals surface area contributed by atoms with Gasteiger partial charge >= 0.3 is 10.1 Å². The molecule has 0 radical (unpaired) electrons. The van der Waals surface area contributed by atoms with Gasteiger partial charge in [0, 0.05) is 6.54 Å². The van der Waals surface area contributed by atoms with Crippen LogP contribution in [0.3, 0.4) is 0 Å². The molecule has 206 valence electrons. The van der Waals surface area contributed by atoms with E-state index < -0.39 is 30.0 Å². The molecule has 2 aliphatic heterocycles. The quantitative estimate of drug-likeness (QED) is 0.0915. The zero-order chi connectivity index (χ0) is 28.3. The summed E-state index contributed by atoms with van der Waals surface area (Å²) in [6.07, 6.45) is 0.